The highest BCUT2D eigenvalue weighted by atomic mass is 16.6. The largest absolute Gasteiger partial charge is 0.449 e. The molecule has 0 saturated heterocycles. The van der Waals surface area contributed by atoms with Crippen molar-refractivity contribution in [2.24, 2.45) is 5.73 Å². The van der Waals surface area contributed by atoms with Gasteiger partial charge in [-0.2, -0.15) is 5.26 Å². The summed E-state index contributed by atoms with van der Waals surface area (Å²) < 4.78 is 11.4. The predicted octanol–water partition coefficient (Wildman–Crippen LogP) is 0.331. The van der Waals surface area contributed by atoms with Gasteiger partial charge in [-0.3, -0.25) is 9.20 Å². The van der Waals surface area contributed by atoms with Crippen LogP contribution >= 0.6 is 0 Å². The molecule has 2 aromatic rings. The average molecular weight is 388 g/mol. The lowest BCUT2D eigenvalue weighted by Crippen LogP contribution is -2.45. The Balaban J connectivity index is 2.21. The number of amides is 2. The van der Waals surface area contributed by atoms with Gasteiger partial charge in [0.15, 0.2) is 6.61 Å². The fourth-order valence-electron chi connectivity index (χ4n) is 2.23. The van der Waals surface area contributed by atoms with Gasteiger partial charge in [0, 0.05) is 25.0 Å². The number of fused-ring (bicyclic) bond motifs is 1. The van der Waals surface area contributed by atoms with Crippen LogP contribution in [0.2, 0.25) is 0 Å². The maximum atomic E-state index is 12.2. The van der Waals surface area contributed by atoms with Crippen LogP contribution in [0.5, 0.6) is 0 Å². The highest BCUT2D eigenvalue weighted by molar-refractivity contribution is 5.91. The standard InChI is InChI=1S/C17H20N6O5/c1-17(2,3)28-16(26)22-11(14(25)27-5-4-18)6-10-7-20-15-21-12(13(19)24)9-23(15)8-10/h7-9,11H,5-6H2,1-3H3,(H2,19,24)(H,22,26)/t11-/m0/s1. The summed E-state index contributed by atoms with van der Waals surface area (Å²) >= 11 is 0. The molecule has 2 rings (SSSR count). The number of esters is 1. The summed E-state index contributed by atoms with van der Waals surface area (Å²) in [6.45, 7) is 4.60. The van der Waals surface area contributed by atoms with E-state index in [1.807, 2.05) is 0 Å². The molecule has 28 heavy (non-hydrogen) atoms. The fraction of sp³-hybridized carbons (Fsp3) is 0.412. The summed E-state index contributed by atoms with van der Waals surface area (Å²) in [6, 6.07) is 0.581. The summed E-state index contributed by atoms with van der Waals surface area (Å²) in [6.07, 6.45) is 3.63. The number of aromatic nitrogens is 3. The van der Waals surface area contributed by atoms with E-state index in [0.717, 1.165) is 0 Å². The van der Waals surface area contributed by atoms with E-state index in [1.54, 1.807) is 33.0 Å². The van der Waals surface area contributed by atoms with Crippen LogP contribution in [0.3, 0.4) is 0 Å². The molecule has 0 aliphatic rings. The van der Waals surface area contributed by atoms with Gasteiger partial charge in [-0.1, -0.05) is 0 Å². The molecule has 3 N–H and O–H groups in total. The van der Waals surface area contributed by atoms with Gasteiger partial charge in [-0.25, -0.2) is 19.6 Å². The summed E-state index contributed by atoms with van der Waals surface area (Å²) in [7, 11) is 0. The van der Waals surface area contributed by atoms with E-state index >= 15 is 0 Å². The molecule has 11 nitrogen and oxygen atoms in total. The molecule has 0 unspecified atom stereocenters. The lowest BCUT2D eigenvalue weighted by molar-refractivity contribution is -0.144. The number of imidazole rings is 1. The van der Waals surface area contributed by atoms with Crippen LogP contribution in [-0.2, 0) is 20.7 Å². The zero-order chi connectivity index (χ0) is 20.9. The molecule has 0 aliphatic heterocycles. The van der Waals surface area contributed by atoms with E-state index in [1.165, 1.54) is 16.8 Å². The first-order chi connectivity index (χ1) is 13.1. The van der Waals surface area contributed by atoms with Crippen LogP contribution in [0.4, 0.5) is 4.79 Å². The maximum absolute atomic E-state index is 12.2. The minimum atomic E-state index is -1.11. The summed E-state index contributed by atoms with van der Waals surface area (Å²) in [5.74, 6) is -1.24. The van der Waals surface area contributed by atoms with Crippen molar-refractivity contribution >= 4 is 23.7 Å². The Kier molecular flexibility index (Phi) is 6.15. The normalized spacial score (nSPS) is 12.1. The number of nitrogens with zero attached hydrogens (tertiary/aromatic N) is 4. The summed E-state index contributed by atoms with van der Waals surface area (Å²) in [5, 5.41) is 11.0. The number of hydrogen-bond donors (Lipinski definition) is 2. The molecule has 148 valence electrons. The molecule has 0 radical (unpaired) electrons. The Labute approximate surface area is 160 Å². The van der Waals surface area contributed by atoms with Gasteiger partial charge in [-0.05, 0) is 26.3 Å². The van der Waals surface area contributed by atoms with Crippen LogP contribution in [0.15, 0.2) is 18.6 Å². The summed E-state index contributed by atoms with van der Waals surface area (Å²) in [5.41, 5.74) is 5.02. The molecule has 0 saturated carbocycles. The molecule has 0 spiro atoms. The van der Waals surface area contributed by atoms with E-state index in [-0.39, 0.29) is 17.9 Å². The van der Waals surface area contributed by atoms with Crippen LogP contribution in [-0.4, -0.2) is 50.6 Å². The van der Waals surface area contributed by atoms with E-state index in [0.29, 0.717) is 5.56 Å². The number of rotatable bonds is 6. The van der Waals surface area contributed by atoms with E-state index < -0.39 is 36.2 Å². The quantitative estimate of drug-likeness (QED) is 0.669. The van der Waals surface area contributed by atoms with Gasteiger partial charge < -0.3 is 20.5 Å². The molecule has 0 aromatic carbocycles. The van der Waals surface area contributed by atoms with Gasteiger partial charge >= 0.3 is 12.1 Å². The highest BCUT2D eigenvalue weighted by Crippen LogP contribution is 2.10. The number of hydrogen-bond acceptors (Lipinski definition) is 8. The SMILES string of the molecule is CC(C)(C)OC(=O)N[C@@H](Cc1cnc2nc(C(N)=O)cn2c1)C(=O)OCC#N. The van der Waals surface area contributed by atoms with Crippen molar-refractivity contribution in [2.75, 3.05) is 6.61 Å². The number of ether oxygens (including phenoxy) is 2. The van der Waals surface area contributed by atoms with Gasteiger partial charge in [0.1, 0.15) is 23.4 Å². The van der Waals surface area contributed by atoms with Crippen molar-refractivity contribution in [2.45, 2.75) is 38.8 Å². The molecular weight excluding hydrogens is 368 g/mol. The molecule has 0 aliphatic carbocycles. The zero-order valence-electron chi connectivity index (χ0n) is 15.6. The Morgan fingerprint density at radius 1 is 1.36 bits per heavy atom. The van der Waals surface area contributed by atoms with Gasteiger partial charge in [0.05, 0.1) is 0 Å². The molecule has 2 aromatic heterocycles. The van der Waals surface area contributed by atoms with Crippen LogP contribution in [0.1, 0.15) is 36.8 Å². The Bertz CT molecular complexity index is 940. The van der Waals surface area contributed by atoms with Gasteiger partial charge in [0.2, 0.25) is 5.78 Å². The van der Waals surface area contributed by atoms with Crippen molar-refractivity contribution in [1.82, 2.24) is 19.7 Å². The first-order valence-electron chi connectivity index (χ1n) is 8.25. The van der Waals surface area contributed by atoms with Gasteiger partial charge in [0.25, 0.3) is 5.91 Å². The van der Waals surface area contributed by atoms with Crippen molar-refractivity contribution < 1.29 is 23.9 Å². The number of carbonyl (C=O) groups excluding carboxylic acids is 3. The van der Waals surface area contributed by atoms with Crippen molar-refractivity contribution in [3.8, 4) is 6.07 Å². The minimum absolute atomic E-state index is 0.0104. The van der Waals surface area contributed by atoms with Gasteiger partial charge in [-0.15, -0.1) is 0 Å². The van der Waals surface area contributed by atoms with Crippen molar-refractivity contribution in [3.05, 3.63) is 29.8 Å². The smallest absolute Gasteiger partial charge is 0.408 e. The molecule has 0 bridgehead atoms. The van der Waals surface area contributed by atoms with E-state index in [4.69, 9.17) is 20.5 Å². The first-order valence-corrected chi connectivity index (χ1v) is 8.25. The number of primary amides is 1. The minimum Gasteiger partial charge on any atom is -0.449 e. The monoisotopic (exact) mass is 388 g/mol. The summed E-state index contributed by atoms with van der Waals surface area (Å²) in [4.78, 5) is 43.5. The second-order valence-corrected chi connectivity index (χ2v) is 6.83. The second kappa shape index (κ2) is 8.34. The maximum Gasteiger partial charge on any atom is 0.408 e. The number of nitrogens with two attached hydrogens (primary N) is 1. The molecule has 1 atom stereocenters. The van der Waals surface area contributed by atoms with Crippen LogP contribution < -0.4 is 11.1 Å². The highest BCUT2D eigenvalue weighted by Gasteiger charge is 2.26. The topological polar surface area (TPSA) is 162 Å². The van der Waals surface area contributed by atoms with Crippen molar-refractivity contribution in [3.63, 3.8) is 0 Å². The predicted molar refractivity (Wildman–Crippen MR) is 94.9 cm³/mol. The fourth-order valence-corrected chi connectivity index (χ4v) is 2.23. The number of carbonyl (C=O) groups is 3. The lowest BCUT2D eigenvalue weighted by Gasteiger charge is -2.22. The zero-order valence-corrected chi connectivity index (χ0v) is 15.6. The van der Waals surface area contributed by atoms with E-state index in [2.05, 4.69) is 15.3 Å². The van der Waals surface area contributed by atoms with Crippen molar-refractivity contribution in [1.29, 1.82) is 5.26 Å². The second-order valence-electron chi connectivity index (χ2n) is 6.83. The number of nitriles is 1. The number of alkyl carbamates (subject to hydrolysis) is 1. The molecular formula is C17H20N6O5. The first kappa shape index (κ1) is 20.6. The molecule has 2 amide bonds. The molecule has 11 heteroatoms. The van der Waals surface area contributed by atoms with Crippen LogP contribution in [0.25, 0.3) is 5.78 Å². The van der Waals surface area contributed by atoms with E-state index in [9.17, 15) is 14.4 Å². The molecule has 2 heterocycles. The third-order valence-corrected chi connectivity index (χ3v) is 3.31. The third kappa shape index (κ3) is 5.66. The lowest BCUT2D eigenvalue weighted by atomic mass is 10.1. The Morgan fingerprint density at radius 3 is 2.68 bits per heavy atom. The average Bonchev–Trinajstić information content (AvgIpc) is 3.01. The third-order valence-electron chi connectivity index (χ3n) is 3.31. The van der Waals surface area contributed by atoms with Crippen LogP contribution in [0, 0.1) is 11.3 Å². The molecule has 0 fully saturated rings. The Morgan fingerprint density at radius 2 is 2.07 bits per heavy atom. The Hall–Kier alpha value is -3.68. The number of nitrogens with one attached hydrogen (secondary N) is 1.